The van der Waals surface area contributed by atoms with Gasteiger partial charge in [0.1, 0.15) is 0 Å². The van der Waals surface area contributed by atoms with Crippen molar-refractivity contribution in [1.82, 2.24) is 4.98 Å². The van der Waals surface area contributed by atoms with Crippen LogP contribution in [0.25, 0.3) is 22.2 Å². The minimum Gasteiger partial charge on any atom is -0.382 e. The van der Waals surface area contributed by atoms with E-state index in [0.29, 0.717) is 6.54 Å². The standard InChI is InChI=1S/C26H26N2O.C4H10O/c1-26(2,3)25(29)28(18-19-12-6-4-7-13-19)24-21-16-10-11-17-22(21)27-23(24)20-14-8-5-9-15-20;1-3-5-4-2/h4-17,27H,18H2,1-3H3;3-4H2,1-2H3. The van der Waals surface area contributed by atoms with Crippen molar-refractivity contribution in [2.45, 2.75) is 41.2 Å². The van der Waals surface area contributed by atoms with Crippen LogP contribution in [0.4, 0.5) is 5.69 Å². The molecule has 178 valence electrons. The Morgan fingerprint density at radius 3 is 1.94 bits per heavy atom. The average molecular weight is 457 g/mol. The summed E-state index contributed by atoms with van der Waals surface area (Å²) in [4.78, 5) is 19.1. The number of nitrogens with one attached hydrogen (secondary N) is 1. The van der Waals surface area contributed by atoms with Gasteiger partial charge in [-0.1, -0.05) is 99.6 Å². The molecule has 0 radical (unpaired) electrons. The highest BCUT2D eigenvalue weighted by Gasteiger charge is 2.31. The minimum absolute atomic E-state index is 0.100. The van der Waals surface area contributed by atoms with Gasteiger partial charge in [0.2, 0.25) is 5.91 Å². The lowest BCUT2D eigenvalue weighted by atomic mass is 9.93. The Hall–Kier alpha value is -3.37. The number of hydrogen-bond acceptors (Lipinski definition) is 2. The number of fused-ring (bicyclic) bond motifs is 1. The normalized spacial score (nSPS) is 11.1. The van der Waals surface area contributed by atoms with Crippen LogP contribution >= 0.6 is 0 Å². The smallest absolute Gasteiger partial charge is 0.232 e. The number of carbonyl (C=O) groups excluding carboxylic acids is 1. The molecule has 0 aliphatic carbocycles. The van der Waals surface area contributed by atoms with Crippen LogP contribution in [0.2, 0.25) is 0 Å². The van der Waals surface area contributed by atoms with Crippen LogP contribution in [0, 0.1) is 5.41 Å². The van der Waals surface area contributed by atoms with Gasteiger partial charge in [-0.25, -0.2) is 0 Å². The molecule has 1 heterocycles. The lowest BCUT2D eigenvalue weighted by Gasteiger charge is -2.30. The molecule has 0 fully saturated rings. The summed E-state index contributed by atoms with van der Waals surface area (Å²) in [6.45, 7) is 12.1. The van der Waals surface area contributed by atoms with E-state index in [9.17, 15) is 4.79 Å². The first-order valence-electron chi connectivity index (χ1n) is 12.0. The predicted octanol–water partition coefficient (Wildman–Crippen LogP) is 7.46. The highest BCUT2D eigenvalue weighted by molar-refractivity contribution is 6.10. The molecule has 0 unspecified atom stereocenters. The number of ether oxygens (including phenoxy) is 1. The van der Waals surface area contributed by atoms with Gasteiger partial charge in [-0.3, -0.25) is 4.79 Å². The van der Waals surface area contributed by atoms with Crippen molar-refractivity contribution in [3.8, 4) is 11.3 Å². The van der Waals surface area contributed by atoms with Crippen LogP contribution in [-0.2, 0) is 16.1 Å². The number of hydrogen-bond donors (Lipinski definition) is 1. The monoisotopic (exact) mass is 456 g/mol. The summed E-state index contributed by atoms with van der Waals surface area (Å²) < 4.78 is 4.83. The number of H-pyrrole nitrogens is 1. The molecule has 1 aromatic heterocycles. The van der Waals surface area contributed by atoms with E-state index in [1.54, 1.807) is 0 Å². The second kappa shape index (κ2) is 11.7. The number of carbonyl (C=O) groups is 1. The summed E-state index contributed by atoms with van der Waals surface area (Å²) in [5.41, 5.74) is 4.62. The molecule has 1 N–H and O–H groups in total. The van der Waals surface area contributed by atoms with Crippen LogP contribution in [-0.4, -0.2) is 24.1 Å². The Balaban J connectivity index is 0.000000588. The largest absolute Gasteiger partial charge is 0.382 e. The van der Waals surface area contributed by atoms with Gasteiger partial charge in [0.25, 0.3) is 0 Å². The minimum atomic E-state index is -0.499. The zero-order valence-electron chi connectivity index (χ0n) is 21.0. The maximum atomic E-state index is 13.6. The van der Waals surface area contributed by atoms with E-state index in [1.165, 1.54) is 0 Å². The number of rotatable bonds is 6. The zero-order chi connectivity index (χ0) is 24.6. The SMILES string of the molecule is CC(C)(C)C(=O)N(Cc1ccccc1)c1c(-c2ccccc2)[nH]c2ccccc12.CCOCC. The summed E-state index contributed by atoms with van der Waals surface area (Å²) in [6, 6.07) is 28.6. The first-order valence-corrected chi connectivity index (χ1v) is 12.0. The van der Waals surface area contributed by atoms with Gasteiger partial charge >= 0.3 is 0 Å². The molecule has 0 atom stereocenters. The lowest BCUT2D eigenvalue weighted by molar-refractivity contribution is -0.125. The third kappa shape index (κ3) is 6.15. The highest BCUT2D eigenvalue weighted by atomic mass is 16.5. The third-order valence-electron chi connectivity index (χ3n) is 5.49. The molecule has 0 saturated carbocycles. The number of aromatic nitrogens is 1. The summed E-state index contributed by atoms with van der Waals surface area (Å²) >= 11 is 0. The van der Waals surface area contributed by atoms with Gasteiger partial charge in [0.15, 0.2) is 0 Å². The van der Waals surface area contributed by atoms with Crippen molar-refractivity contribution in [2.75, 3.05) is 18.1 Å². The fourth-order valence-electron chi connectivity index (χ4n) is 3.85. The van der Waals surface area contributed by atoms with Gasteiger partial charge in [0, 0.05) is 35.1 Å². The molecule has 0 saturated heterocycles. The van der Waals surface area contributed by atoms with Crippen molar-refractivity contribution < 1.29 is 9.53 Å². The molecule has 4 heteroatoms. The lowest BCUT2D eigenvalue weighted by Crippen LogP contribution is -2.39. The number of anilines is 1. The van der Waals surface area contributed by atoms with Crippen molar-refractivity contribution in [2.24, 2.45) is 5.41 Å². The summed E-state index contributed by atoms with van der Waals surface area (Å²) in [5, 5.41) is 1.06. The van der Waals surface area contributed by atoms with Crippen LogP contribution in [0.1, 0.15) is 40.2 Å². The summed E-state index contributed by atoms with van der Waals surface area (Å²) in [5.74, 6) is 0.100. The summed E-state index contributed by atoms with van der Waals surface area (Å²) in [7, 11) is 0. The number of para-hydroxylation sites is 1. The van der Waals surface area contributed by atoms with Gasteiger partial charge in [-0.15, -0.1) is 0 Å². The average Bonchev–Trinajstić information content (AvgIpc) is 3.23. The molecule has 3 aromatic carbocycles. The molecule has 0 bridgehead atoms. The Bertz CT molecular complexity index is 1170. The number of benzene rings is 3. The van der Waals surface area contributed by atoms with E-state index < -0.39 is 5.41 Å². The molecule has 0 aliphatic heterocycles. The van der Waals surface area contributed by atoms with E-state index in [4.69, 9.17) is 4.74 Å². The van der Waals surface area contributed by atoms with E-state index >= 15 is 0 Å². The van der Waals surface area contributed by atoms with E-state index in [-0.39, 0.29) is 5.91 Å². The molecular formula is C30H36N2O2. The molecule has 34 heavy (non-hydrogen) atoms. The van der Waals surface area contributed by atoms with Gasteiger partial charge in [-0.05, 0) is 25.5 Å². The van der Waals surface area contributed by atoms with E-state index in [1.807, 2.05) is 88.0 Å². The quantitative estimate of drug-likeness (QED) is 0.327. The Labute approximate surface area is 203 Å². The number of amides is 1. The number of aromatic amines is 1. The van der Waals surface area contributed by atoms with Gasteiger partial charge in [0.05, 0.1) is 17.9 Å². The number of nitrogens with zero attached hydrogens (tertiary/aromatic N) is 1. The Morgan fingerprint density at radius 2 is 1.38 bits per heavy atom. The van der Waals surface area contributed by atoms with E-state index in [2.05, 4.69) is 41.4 Å². The molecule has 4 aromatic rings. The fraction of sp³-hybridized carbons (Fsp3) is 0.300. The molecule has 1 amide bonds. The predicted molar refractivity (Wildman–Crippen MR) is 143 cm³/mol. The first kappa shape index (κ1) is 25.3. The summed E-state index contributed by atoms with van der Waals surface area (Å²) in [6.07, 6.45) is 0. The van der Waals surface area contributed by atoms with Gasteiger partial charge < -0.3 is 14.6 Å². The van der Waals surface area contributed by atoms with Gasteiger partial charge in [-0.2, -0.15) is 0 Å². The molecular weight excluding hydrogens is 420 g/mol. The van der Waals surface area contributed by atoms with Crippen LogP contribution < -0.4 is 4.90 Å². The van der Waals surface area contributed by atoms with E-state index in [0.717, 1.165) is 46.6 Å². The first-order chi connectivity index (χ1) is 16.4. The fourth-order valence-corrected chi connectivity index (χ4v) is 3.85. The topological polar surface area (TPSA) is 45.3 Å². The van der Waals surface area contributed by atoms with Crippen LogP contribution in [0.15, 0.2) is 84.9 Å². The second-order valence-corrected chi connectivity index (χ2v) is 9.17. The molecule has 4 nitrogen and oxygen atoms in total. The molecule has 4 rings (SSSR count). The molecule has 0 aliphatic rings. The third-order valence-corrected chi connectivity index (χ3v) is 5.49. The maximum absolute atomic E-state index is 13.6. The Kier molecular flexibility index (Phi) is 8.67. The van der Waals surface area contributed by atoms with Crippen LogP contribution in [0.3, 0.4) is 0 Å². The second-order valence-electron chi connectivity index (χ2n) is 9.17. The van der Waals surface area contributed by atoms with Crippen molar-refractivity contribution >= 4 is 22.5 Å². The van der Waals surface area contributed by atoms with Crippen LogP contribution in [0.5, 0.6) is 0 Å². The molecule has 0 spiro atoms. The highest BCUT2D eigenvalue weighted by Crippen LogP contribution is 2.40. The van der Waals surface area contributed by atoms with Crippen molar-refractivity contribution in [1.29, 1.82) is 0 Å². The zero-order valence-corrected chi connectivity index (χ0v) is 21.0. The maximum Gasteiger partial charge on any atom is 0.232 e. The van der Waals surface area contributed by atoms with Crippen molar-refractivity contribution in [3.63, 3.8) is 0 Å². The Morgan fingerprint density at radius 1 is 0.824 bits per heavy atom. The van der Waals surface area contributed by atoms with Crippen molar-refractivity contribution in [3.05, 3.63) is 90.5 Å².